The quantitative estimate of drug-likeness (QED) is 0.0962. The van der Waals surface area contributed by atoms with Gasteiger partial charge in [-0.1, -0.05) is 102 Å². The van der Waals surface area contributed by atoms with E-state index in [4.69, 9.17) is 9.97 Å². The van der Waals surface area contributed by atoms with Gasteiger partial charge in [-0.25, -0.2) is 9.97 Å². The molecule has 0 saturated carbocycles. The average molecular weight is 906 g/mol. The van der Waals surface area contributed by atoms with Crippen LogP contribution in [0.15, 0.2) is 122 Å². The first-order valence-corrected chi connectivity index (χ1v) is 24.2. The summed E-state index contributed by atoms with van der Waals surface area (Å²) in [6.45, 7) is 12.9. The minimum absolute atomic E-state index is 0. The van der Waals surface area contributed by atoms with Crippen LogP contribution in [0.1, 0.15) is 148 Å². The molecule has 65 heavy (non-hydrogen) atoms. The standard InChI is InChI=1S/C56H66N8.Mn/c1-5-9-33-61-37-17-13-21-49(61)53-41-25-27-43(57-41)54(50-22-14-18-38-62(50)34-10-6-2)45-29-31-47(59-45)56(52-24-16-20-40-64(52)36-12-8-4)48-32-30-46(60-48)55(44-28-26-42(53)58-44)51-23-15-19-39-63(51)35-11-7-3;/h13-32,37-40,49-52,57-58H,5-12,33-36H2,1-4H3;/q;+3. The van der Waals surface area contributed by atoms with Crippen LogP contribution in [0.3, 0.4) is 0 Å². The Bertz CT molecular complexity index is 2510. The number of H-pyrrole nitrogens is 2. The Morgan fingerprint density at radius 3 is 0.985 bits per heavy atom. The SMILES string of the molecule is CCCCN1C=CC=CC1c1c2nc(c(C3C=CC=CN3CCCC)c3ccc([nH]3)c(C3C=CC=CN3CCCC)c3ccc([nH]3)c(C3C=CC=CN3CCCC)c3nc1C=C3)C=C2.[Mn+3]. The smallest absolute Gasteiger partial charge is 0.367 e. The molecule has 334 valence electrons. The van der Waals surface area contributed by atoms with Crippen molar-refractivity contribution in [3.63, 3.8) is 0 Å². The van der Waals surface area contributed by atoms with E-state index in [0.717, 1.165) is 128 Å². The van der Waals surface area contributed by atoms with E-state index >= 15 is 0 Å². The maximum atomic E-state index is 5.69. The number of nitrogens with one attached hydrogen (secondary N) is 2. The molecule has 9 rings (SSSR count). The van der Waals surface area contributed by atoms with Crippen LogP contribution in [0.4, 0.5) is 0 Å². The first-order chi connectivity index (χ1) is 31.6. The van der Waals surface area contributed by atoms with Crippen LogP contribution in [0, 0.1) is 0 Å². The molecule has 8 nitrogen and oxygen atoms in total. The number of rotatable bonds is 16. The van der Waals surface area contributed by atoms with E-state index in [1.165, 1.54) is 16.7 Å². The topological polar surface area (TPSA) is 70.3 Å². The summed E-state index contributed by atoms with van der Waals surface area (Å²) in [6.07, 6.45) is 53.8. The Morgan fingerprint density at radius 1 is 0.385 bits per heavy atom. The van der Waals surface area contributed by atoms with Crippen molar-refractivity contribution in [3.8, 4) is 0 Å². The second-order valence-corrected chi connectivity index (χ2v) is 17.7. The minimum Gasteiger partial charge on any atom is -0.367 e. The molecule has 0 aromatic carbocycles. The van der Waals surface area contributed by atoms with Crippen molar-refractivity contribution in [2.45, 2.75) is 103 Å². The Kier molecular flexibility index (Phi) is 15.1. The van der Waals surface area contributed by atoms with Gasteiger partial charge in [0.05, 0.1) is 46.9 Å². The molecule has 0 spiro atoms. The molecule has 2 N–H and O–H groups in total. The Balaban J connectivity index is 0.00000576. The zero-order valence-corrected chi connectivity index (χ0v) is 39.9. The molecule has 4 atom stereocenters. The summed E-state index contributed by atoms with van der Waals surface area (Å²) in [5.41, 5.74) is 12.9. The summed E-state index contributed by atoms with van der Waals surface area (Å²) in [7, 11) is 0. The summed E-state index contributed by atoms with van der Waals surface area (Å²) in [5, 5.41) is 0. The van der Waals surface area contributed by atoms with Crippen molar-refractivity contribution in [1.29, 1.82) is 0 Å². The number of unbranched alkanes of at least 4 members (excludes halogenated alkanes) is 4. The molecule has 0 amide bonds. The third kappa shape index (κ3) is 9.64. The van der Waals surface area contributed by atoms with Crippen molar-refractivity contribution < 1.29 is 17.1 Å². The molecule has 9 heterocycles. The van der Waals surface area contributed by atoms with Gasteiger partial charge in [-0.3, -0.25) is 0 Å². The molecule has 8 bridgehead atoms. The van der Waals surface area contributed by atoms with Crippen LogP contribution < -0.4 is 0 Å². The number of aromatic amines is 2. The van der Waals surface area contributed by atoms with Gasteiger partial charge in [-0.2, -0.15) is 0 Å². The van der Waals surface area contributed by atoms with Gasteiger partial charge in [-0.15, -0.1) is 0 Å². The zero-order chi connectivity index (χ0) is 43.8. The fraction of sp³-hybridized carbons (Fsp3) is 0.357. The number of allylic oxidation sites excluding steroid dienone is 8. The summed E-state index contributed by atoms with van der Waals surface area (Å²) < 4.78 is 0. The number of nitrogens with zero attached hydrogens (tertiary/aromatic N) is 6. The number of hydrogen-bond acceptors (Lipinski definition) is 6. The molecular weight excluding hydrogens is 840 g/mol. The Hall–Kier alpha value is -5.76. The average Bonchev–Trinajstić information content (AvgIpc) is 4.19. The number of fused-ring (bicyclic) bond motifs is 8. The second-order valence-electron chi connectivity index (χ2n) is 17.7. The van der Waals surface area contributed by atoms with Gasteiger partial charge in [0.15, 0.2) is 0 Å². The van der Waals surface area contributed by atoms with Gasteiger partial charge in [0, 0.05) is 70.5 Å². The van der Waals surface area contributed by atoms with E-state index in [2.05, 4.69) is 204 Å². The Morgan fingerprint density at radius 2 is 0.662 bits per heavy atom. The third-order valence-corrected chi connectivity index (χ3v) is 13.3. The van der Waals surface area contributed by atoms with E-state index in [9.17, 15) is 0 Å². The van der Waals surface area contributed by atoms with E-state index in [1.54, 1.807) is 0 Å². The molecule has 3 aromatic heterocycles. The van der Waals surface area contributed by atoms with Crippen molar-refractivity contribution in [1.82, 2.24) is 39.5 Å². The summed E-state index contributed by atoms with van der Waals surface area (Å²) >= 11 is 0. The van der Waals surface area contributed by atoms with E-state index in [-0.39, 0.29) is 41.2 Å². The third-order valence-electron chi connectivity index (χ3n) is 13.3. The monoisotopic (exact) mass is 905 g/mol. The van der Waals surface area contributed by atoms with Gasteiger partial charge in [0.25, 0.3) is 0 Å². The molecule has 3 aromatic rings. The largest absolute Gasteiger partial charge is 3.00 e. The van der Waals surface area contributed by atoms with Gasteiger partial charge in [0.2, 0.25) is 0 Å². The number of hydrogen-bond donors (Lipinski definition) is 2. The first-order valence-electron chi connectivity index (χ1n) is 24.2. The predicted molar refractivity (Wildman–Crippen MR) is 269 cm³/mol. The molecular formula is C56H66MnN8+3. The second kappa shape index (κ2) is 21.5. The molecule has 4 unspecified atom stereocenters. The fourth-order valence-electron chi connectivity index (χ4n) is 9.94. The molecule has 9 heteroatoms. The molecule has 6 aliphatic rings. The van der Waals surface area contributed by atoms with Gasteiger partial charge in [-0.05, 0) is 123 Å². The molecule has 0 aliphatic carbocycles. The van der Waals surface area contributed by atoms with Gasteiger partial charge < -0.3 is 29.6 Å². The van der Waals surface area contributed by atoms with E-state index in [1.807, 2.05) is 0 Å². The Labute approximate surface area is 397 Å². The van der Waals surface area contributed by atoms with Crippen LogP contribution in [-0.2, 0) is 17.1 Å². The first kappa shape index (κ1) is 45.8. The van der Waals surface area contributed by atoms with Crippen molar-refractivity contribution in [2.75, 3.05) is 26.2 Å². The molecule has 6 aliphatic heterocycles. The fourth-order valence-corrected chi connectivity index (χ4v) is 9.94. The van der Waals surface area contributed by atoms with Crippen LogP contribution in [0.2, 0.25) is 0 Å². The minimum atomic E-state index is -0.0236. The normalized spacial score (nSPS) is 20.5. The van der Waals surface area contributed by atoms with Gasteiger partial charge in [0.1, 0.15) is 0 Å². The van der Waals surface area contributed by atoms with Crippen LogP contribution in [0.25, 0.3) is 46.4 Å². The van der Waals surface area contributed by atoms with Crippen molar-refractivity contribution >= 4 is 46.4 Å². The van der Waals surface area contributed by atoms with Gasteiger partial charge >= 0.3 is 17.1 Å². The summed E-state index contributed by atoms with van der Waals surface area (Å²) in [4.78, 5) is 29.5. The molecule has 0 radical (unpaired) electrons. The van der Waals surface area contributed by atoms with Crippen LogP contribution >= 0.6 is 0 Å². The number of aromatic nitrogens is 4. The maximum absolute atomic E-state index is 5.69. The van der Waals surface area contributed by atoms with Crippen LogP contribution in [-0.4, -0.2) is 65.7 Å². The van der Waals surface area contributed by atoms with E-state index < -0.39 is 0 Å². The van der Waals surface area contributed by atoms with Crippen molar-refractivity contribution in [2.24, 2.45) is 0 Å². The molecule has 0 saturated heterocycles. The predicted octanol–water partition coefficient (Wildman–Crippen LogP) is 13.6. The zero-order valence-electron chi connectivity index (χ0n) is 38.7. The maximum Gasteiger partial charge on any atom is 3.00 e. The molecule has 0 fully saturated rings. The van der Waals surface area contributed by atoms with Crippen molar-refractivity contribution in [3.05, 3.63) is 167 Å². The summed E-state index contributed by atoms with van der Waals surface area (Å²) in [6, 6.07) is 9.19. The van der Waals surface area contributed by atoms with E-state index in [0.29, 0.717) is 0 Å². The summed E-state index contributed by atoms with van der Waals surface area (Å²) in [5.74, 6) is 0. The van der Waals surface area contributed by atoms with Crippen LogP contribution in [0.5, 0.6) is 0 Å².